The number of nitrogens with zero attached hydrogens (tertiary/aromatic N) is 3. The highest BCUT2D eigenvalue weighted by molar-refractivity contribution is 6.17. The van der Waals surface area contributed by atoms with E-state index in [0.717, 1.165) is 16.9 Å². The van der Waals surface area contributed by atoms with Crippen molar-refractivity contribution in [3.63, 3.8) is 0 Å². The van der Waals surface area contributed by atoms with Gasteiger partial charge in [0.1, 0.15) is 17.4 Å². The Labute approximate surface area is 116 Å². The molecule has 19 heavy (non-hydrogen) atoms. The Hall–Kier alpha value is -1.62. The lowest BCUT2D eigenvalue weighted by atomic mass is 10.0. The summed E-state index contributed by atoms with van der Waals surface area (Å²) < 4.78 is 1.90. The molecular formula is C13H17ClN4O. The minimum atomic E-state index is -0.425. The number of nitrogens with two attached hydrogens (primary N) is 1. The predicted molar refractivity (Wildman–Crippen MR) is 75.0 cm³/mol. The van der Waals surface area contributed by atoms with Gasteiger partial charge in [0.05, 0.1) is 11.7 Å². The van der Waals surface area contributed by atoms with Crippen LogP contribution in [-0.2, 0) is 11.2 Å². The Morgan fingerprint density at radius 3 is 2.84 bits per heavy atom. The van der Waals surface area contributed by atoms with Crippen LogP contribution in [0.2, 0.25) is 0 Å². The number of aromatic nitrogens is 3. The van der Waals surface area contributed by atoms with Gasteiger partial charge in [-0.05, 0) is 12.0 Å². The molecular weight excluding hydrogens is 264 g/mol. The Kier molecular flexibility index (Phi) is 4.04. The van der Waals surface area contributed by atoms with Gasteiger partial charge in [0.25, 0.3) is 0 Å². The van der Waals surface area contributed by atoms with Gasteiger partial charge in [-0.1, -0.05) is 13.8 Å². The minimum absolute atomic E-state index is 0.0807. The van der Waals surface area contributed by atoms with Crippen LogP contribution in [0.1, 0.15) is 25.7 Å². The van der Waals surface area contributed by atoms with Crippen molar-refractivity contribution in [1.82, 2.24) is 14.5 Å². The maximum absolute atomic E-state index is 11.8. The molecule has 102 valence electrons. The molecule has 2 aromatic heterocycles. The molecule has 1 amide bonds. The van der Waals surface area contributed by atoms with Gasteiger partial charge in [0, 0.05) is 18.5 Å². The van der Waals surface area contributed by atoms with Crippen LogP contribution in [0.4, 0.5) is 0 Å². The first-order chi connectivity index (χ1) is 9.06. The van der Waals surface area contributed by atoms with Gasteiger partial charge in [-0.15, -0.1) is 11.6 Å². The third kappa shape index (κ3) is 2.56. The van der Waals surface area contributed by atoms with Gasteiger partial charge in [-0.2, -0.15) is 0 Å². The number of halogens is 1. The monoisotopic (exact) mass is 280 g/mol. The molecule has 2 N–H and O–H groups in total. The van der Waals surface area contributed by atoms with Gasteiger partial charge in [-0.3, -0.25) is 9.78 Å². The molecule has 5 nitrogen and oxygen atoms in total. The normalized spacial score (nSPS) is 13.1. The molecule has 0 saturated heterocycles. The molecule has 1 unspecified atom stereocenters. The lowest BCUT2D eigenvalue weighted by Crippen LogP contribution is -2.31. The number of carbonyl (C=O) groups is 1. The summed E-state index contributed by atoms with van der Waals surface area (Å²) >= 11 is 5.81. The Morgan fingerprint density at radius 2 is 2.26 bits per heavy atom. The van der Waals surface area contributed by atoms with Crippen LogP contribution < -0.4 is 5.73 Å². The zero-order chi connectivity index (χ0) is 14.0. The number of fused-ring (bicyclic) bond motifs is 1. The van der Waals surface area contributed by atoms with Crippen LogP contribution in [0.15, 0.2) is 18.5 Å². The first-order valence-electron chi connectivity index (χ1n) is 6.22. The first kappa shape index (κ1) is 13.8. The molecule has 0 spiro atoms. The number of pyridine rings is 1. The summed E-state index contributed by atoms with van der Waals surface area (Å²) in [5.74, 6) is 0.940. The van der Waals surface area contributed by atoms with Gasteiger partial charge in [0.15, 0.2) is 0 Å². The van der Waals surface area contributed by atoms with E-state index < -0.39 is 6.04 Å². The molecule has 0 saturated carbocycles. The van der Waals surface area contributed by atoms with E-state index in [1.807, 2.05) is 24.5 Å². The van der Waals surface area contributed by atoms with Crippen LogP contribution in [0, 0.1) is 5.92 Å². The van der Waals surface area contributed by atoms with E-state index >= 15 is 0 Å². The number of hydrogen-bond donors (Lipinski definition) is 1. The number of amides is 1. The van der Waals surface area contributed by atoms with E-state index in [0.29, 0.717) is 12.3 Å². The number of alkyl halides is 1. The molecule has 0 bridgehead atoms. The predicted octanol–water partition coefficient (Wildman–Crippen LogP) is 1.89. The molecule has 0 fully saturated rings. The van der Waals surface area contributed by atoms with Crippen molar-refractivity contribution in [1.29, 1.82) is 0 Å². The zero-order valence-corrected chi connectivity index (χ0v) is 11.8. The summed E-state index contributed by atoms with van der Waals surface area (Å²) in [6, 6.07) is 1.42. The lowest BCUT2D eigenvalue weighted by molar-refractivity contribution is -0.122. The van der Waals surface area contributed by atoms with E-state index in [-0.39, 0.29) is 11.8 Å². The number of rotatable bonds is 5. The molecule has 0 radical (unpaired) electrons. The molecule has 0 aliphatic heterocycles. The van der Waals surface area contributed by atoms with E-state index in [9.17, 15) is 4.79 Å². The van der Waals surface area contributed by atoms with Gasteiger partial charge < -0.3 is 10.3 Å². The summed E-state index contributed by atoms with van der Waals surface area (Å²) in [6.45, 7) is 3.93. The maximum atomic E-state index is 11.8. The third-order valence-electron chi connectivity index (χ3n) is 3.08. The average molecular weight is 281 g/mol. The number of primary amides is 1. The van der Waals surface area contributed by atoms with Crippen molar-refractivity contribution in [2.75, 3.05) is 5.88 Å². The second-order valence-corrected chi connectivity index (χ2v) is 5.17. The van der Waals surface area contributed by atoms with Crippen molar-refractivity contribution in [3.05, 3.63) is 24.3 Å². The molecule has 2 aromatic rings. The molecule has 2 heterocycles. The second kappa shape index (κ2) is 5.57. The van der Waals surface area contributed by atoms with Crippen molar-refractivity contribution < 1.29 is 4.79 Å². The summed E-state index contributed by atoms with van der Waals surface area (Å²) in [5, 5.41) is 0. The molecule has 0 aliphatic rings. The summed E-state index contributed by atoms with van der Waals surface area (Å²) in [6.07, 6.45) is 3.96. The SMILES string of the molecule is CC(C)C(C(N)=O)n1c(CCCl)nc2cnccc21. The fraction of sp³-hybridized carbons (Fsp3) is 0.462. The first-order valence-corrected chi connectivity index (χ1v) is 6.75. The van der Waals surface area contributed by atoms with Gasteiger partial charge >= 0.3 is 0 Å². The van der Waals surface area contributed by atoms with Crippen LogP contribution in [0.3, 0.4) is 0 Å². The van der Waals surface area contributed by atoms with E-state index in [2.05, 4.69) is 9.97 Å². The molecule has 2 rings (SSSR count). The fourth-order valence-corrected chi connectivity index (χ4v) is 2.49. The Bertz CT molecular complexity index is 593. The molecule has 1 atom stereocenters. The van der Waals surface area contributed by atoms with E-state index in [1.54, 1.807) is 12.4 Å². The Morgan fingerprint density at radius 1 is 1.53 bits per heavy atom. The molecule has 0 aliphatic carbocycles. The van der Waals surface area contributed by atoms with Crippen LogP contribution in [0.5, 0.6) is 0 Å². The van der Waals surface area contributed by atoms with Crippen molar-refractivity contribution in [3.8, 4) is 0 Å². The topological polar surface area (TPSA) is 73.8 Å². The van der Waals surface area contributed by atoms with Crippen LogP contribution in [0.25, 0.3) is 11.0 Å². The van der Waals surface area contributed by atoms with Crippen LogP contribution in [-0.4, -0.2) is 26.3 Å². The maximum Gasteiger partial charge on any atom is 0.240 e. The summed E-state index contributed by atoms with van der Waals surface area (Å²) in [7, 11) is 0. The lowest BCUT2D eigenvalue weighted by Gasteiger charge is -2.22. The van der Waals surface area contributed by atoms with Crippen molar-refractivity contribution in [2.45, 2.75) is 26.3 Å². The summed E-state index contributed by atoms with van der Waals surface area (Å²) in [5.41, 5.74) is 7.18. The average Bonchev–Trinajstić information content (AvgIpc) is 2.68. The standard InChI is InChI=1S/C13H17ClN4O/c1-8(2)12(13(15)19)18-10-4-6-16-7-9(10)17-11(18)3-5-14/h4,6-8,12H,3,5H2,1-2H3,(H2,15,19). The number of imidazole rings is 1. The number of hydrogen-bond acceptors (Lipinski definition) is 3. The highest BCUT2D eigenvalue weighted by atomic mass is 35.5. The van der Waals surface area contributed by atoms with Crippen molar-refractivity contribution in [2.24, 2.45) is 11.7 Å². The fourth-order valence-electron chi connectivity index (χ4n) is 2.33. The summed E-state index contributed by atoms with van der Waals surface area (Å²) in [4.78, 5) is 20.3. The second-order valence-electron chi connectivity index (χ2n) is 4.79. The quantitative estimate of drug-likeness (QED) is 0.850. The Balaban J connectivity index is 2.67. The van der Waals surface area contributed by atoms with Gasteiger partial charge in [0.2, 0.25) is 5.91 Å². The smallest absolute Gasteiger partial charge is 0.240 e. The number of aryl methyl sites for hydroxylation is 1. The molecule has 6 heteroatoms. The van der Waals surface area contributed by atoms with Gasteiger partial charge in [-0.25, -0.2) is 4.98 Å². The highest BCUT2D eigenvalue weighted by Gasteiger charge is 2.26. The number of carbonyl (C=O) groups excluding carboxylic acids is 1. The highest BCUT2D eigenvalue weighted by Crippen LogP contribution is 2.26. The third-order valence-corrected chi connectivity index (χ3v) is 3.27. The zero-order valence-electron chi connectivity index (χ0n) is 11.0. The largest absolute Gasteiger partial charge is 0.368 e. The van der Waals surface area contributed by atoms with E-state index in [1.165, 1.54) is 0 Å². The van der Waals surface area contributed by atoms with Crippen LogP contribution >= 0.6 is 11.6 Å². The van der Waals surface area contributed by atoms with E-state index in [4.69, 9.17) is 17.3 Å². The molecule has 0 aromatic carbocycles. The van der Waals surface area contributed by atoms with Crippen molar-refractivity contribution >= 4 is 28.5 Å². The minimum Gasteiger partial charge on any atom is -0.368 e.